The summed E-state index contributed by atoms with van der Waals surface area (Å²) in [6.07, 6.45) is 2.49. The molecule has 2 aromatic heterocycles. The number of halogens is 1. The predicted molar refractivity (Wildman–Crippen MR) is 61.2 cm³/mol. The normalized spacial score (nSPS) is 10.1. The summed E-state index contributed by atoms with van der Waals surface area (Å²) >= 11 is 1.37. The molecule has 0 aromatic carbocycles. The Morgan fingerprint density at radius 1 is 1.44 bits per heavy atom. The van der Waals surface area contributed by atoms with Crippen molar-refractivity contribution in [2.75, 3.05) is 5.32 Å². The van der Waals surface area contributed by atoms with Gasteiger partial charge in [0, 0.05) is 11.1 Å². The third kappa shape index (κ3) is 2.25. The Labute approximate surface area is 96.0 Å². The number of anilines is 1. The molecule has 2 heterocycles. The maximum Gasteiger partial charge on any atom is 0.265 e. The van der Waals surface area contributed by atoms with Crippen LogP contribution in [0, 0.1) is 12.7 Å². The van der Waals surface area contributed by atoms with E-state index < -0.39 is 5.82 Å². The van der Waals surface area contributed by atoms with Crippen LogP contribution in [0.2, 0.25) is 0 Å². The maximum atomic E-state index is 13.2. The molecular formula is C11H9FN2OS. The van der Waals surface area contributed by atoms with Crippen LogP contribution in [0.25, 0.3) is 0 Å². The van der Waals surface area contributed by atoms with Crippen LogP contribution < -0.4 is 5.32 Å². The summed E-state index contributed by atoms with van der Waals surface area (Å²) in [5, 5.41) is 2.50. The monoisotopic (exact) mass is 236 g/mol. The van der Waals surface area contributed by atoms with Gasteiger partial charge in [-0.2, -0.15) is 0 Å². The van der Waals surface area contributed by atoms with Gasteiger partial charge in [-0.05, 0) is 25.1 Å². The van der Waals surface area contributed by atoms with E-state index in [1.54, 1.807) is 6.07 Å². The average molecular weight is 236 g/mol. The van der Waals surface area contributed by atoms with Gasteiger partial charge < -0.3 is 5.32 Å². The van der Waals surface area contributed by atoms with Gasteiger partial charge in [0.05, 0.1) is 16.8 Å². The molecule has 0 fully saturated rings. The molecule has 82 valence electrons. The quantitative estimate of drug-likeness (QED) is 0.871. The fourth-order valence-electron chi connectivity index (χ4n) is 1.22. The molecule has 3 nitrogen and oxygen atoms in total. The van der Waals surface area contributed by atoms with Crippen molar-refractivity contribution in [2.45, 2.75) is 6.92 Å². The Balaban J connectivity index is 2.17. The second-order valence-electron chi connectivity index (χ2n) is 3.22. The summed E-state index contributed by atoms with van der Waals surface area (Å²) in [6.45, 7) is 1.91. The van der Waals surface area contributed by atoms with E-state index in [4.69, 9.17) is 0 Å². The van der Waals surface area contributed by atoms with E-state index in [0.29, 0.717) is 4.88 Å². The second kappa shape index (κ2) is 4.40. The number of hydrogen-bond acceptors (Lipinski definition) is 3. The van der Waals surface area contributed by atoms with E-state index in [9.17, 15) is 9.18 Å². The van der Waals surface area contributed by atoms with Crippen molar-refractivity contribution < 1.29 is 9.18 Å². The van der Waals surface area contributed by atoms with Crippen molar-refractivity contribution in [1.29, 1.82) is 0 Å². The fraction of sp³-hybridized carbons (Fsp3) is 0.0909. The first-order valence-corrected chi connectivity index (χ1v) is 5.46. The molecule has 1 N–H and O–H groups in total. The number of carbonyl (C=O) groups excluding carboxylic acids is 1. The van der Waals surface area contributed by atoms with Crippen LogP contribution in [0.1, 0.15) is 14.5 Å². The van der Waals surface area contributed by atoms with E-state index in [2.05, 4.69) is 10.3 Å². The molecule has 2 rings (SSSR count). The zero-order valence-electron chi connectivity index (χ0n) is 8.53. The molecule has 2 aromatic rings. The Morgan fingerprint density at radius 2 is 2.25 bits per heavy atom. The summed E-state index contributed by atoms with van der Waals surface area (Å²) in [6, 6.07) is 4.99. The smallest absolute Gasteiger partial charge is 0.265 e. The fourth-order valence-corrected chi connectivity index (χ4v) is 1.98. The molecule has 0 saturated carbocycles. The van der Waals surface area contributed by atoms with Gasteiger partial charge in [-0.3, -0.25) is 9.78 Å². The highest BCUT2D eigenvalue weighted by Gasteiger charge is 2.10. The lowest BCUT2D eigenvalue weighted by atomic mass is 10.3. The Kier molecular flexibility index (Phi) is 2.96. The highest BCUT2D eigenvalue weighted by molar-refractivity contribution is 7.14. The van der Waals surface area contributed by atoms with Crippen LogP contribution in [-0.2, 0) is 0 Å². The predicted octanol–water partition coefficient (Wildman–Crippen LogP) is 2.84. The molecule has 5 heteroatoms. The summed E-state index contributed by atoms with van der Waals surface area (Å²) in [5.41, 5.74) is 0.144. The van der Waals surface area contributed by atoms with Crippen LogP contribution in [0.3, 0.4) is 0 Å². The second-order valence-corrected chi connectivity index (χ2v) is 4.51. The topological polar surface area (TPSA) is 42.0 Å². The summed E-state index contributed by atoms with van der Waals surface area (Å²) in [7, 11) is 0. The number of rotatable bonds is 2. The molecule has 0 aliphatic heterocycles. The van der Waals surface area contributed by atoms with Gasteiger partial charge in [0.1, 0.15) is 0 Å². The average Bonchev–Trinajstić information content (AvgIpc) is 2.68. The molecule has 0 unspecified atom stereocenters. The van der Waals surface area contributed by atoms with E-state index in [0.717, 1.165) is 11.1 Å². The number of amides is 1. The minimum Gasteiger partial charge on any atom is -0.319 e. The van der Waals surface area contributed by atoms with Crippen molar-refractivity contribution in [3.05, 3.63) is 46.2 Å². The number of nitrogens with one attached hydrogen (secondary N) is 1. The molecule has 0 aliphatic rings. The van der Waals surface area contributed by atoms with Gasteiger partial charge in [0.15, 0.2) is 5.82 Å². The number of nitrogens with zero attached hydrogens (tertiary/aromatic N) is 1. The molecule has 16 heavy (non-hydrogen) atoms. The van der Waals surface area contributed by atoms with Crippen LogP contribution in [0.5, 0.6) is 0 Å². The SMILES string of the molecule is Cc1ccc(C(=O)Nc2ccncc2F)s1. The zero-order valence-corrected chi connectivity index (χ0v) is 9.34. The lowest BCUT2D eigenvalue weighted by molar-refractivity contribution is 0.103. The van der Waals surface area contributed by atoms with Crippen molar-refractivity contribution in [2.24, 2.45) is 0 Å². The van der Waals surface area contributed by atoms with Gasteiger partial charge in [-0.15, -0.1) is 11.3 Å². The lowest BCUT2D eigenvalue weighted by Crippen LogP contribution is -2.11. The van der Waals surface area contributed by atoms with Crippen molar-refractivity contribution in [1.82, 2.24) is 4.98 Å². The van der Waals surface area contributed by atoms with Crippen molar-refractivity contribution in [3.8, 4) is 0 Å². The number of carbonyl (C=O) groups is 1. The summed E-state index contributed by atoms with van der Waals surface area (Å²) in [4.78, 5) is 16.9. The van der Waals surface area contributed by atoms with E-state index in [-0.39, 0.29) is 11.6 Å². The Morgan fingerprint density at radius 3 is 2.88 bits per heavy atom. The highest BCUT2D eigenvalue weighted by atomic mass is 32.1. The largest absolute Gasteiger partial charge is 0.319 e. The van der Waals surface area contributed by atoms with Gasteiger partial charge in [0.2, 0.25) is 0 Å². The Bertz CT molecular complexity index is 524. The zero-order chi connectivity index (χ0) is 11.5. The van der Waals surface area contributed by atoms with Crippen LogP contribution in [-0.4, -0.2) is 10.9 Å². The van der Waals surface area contributed by atoms with Gasteiger partial charge in [-0.25, -0.2) is 4.39 Å². The molecule has 0 atom stereocenters. The summed E-state index contributed by atoms with van der Waals surface area (Å²) < 4.78 is 13.2. The van der Waals surface area contributed by atoms with Crippen LogP contribution in [0.4, 0.5) is 10.1 Å². The number of hydrogen-bond donors (Lipinski definition) is 1. The van der Waals surface area contributed by atoms with Gasteiger partial charge in [0.25, 0.3) is 5.91 Å². The van der Waals surface area contributed by atoms with Gasteiger partial charge >= 0.3 is 0 Å². The lowest BCUT2D eigenvalue weighted by Gasteiger charge is -2.03. The standard InChI is InChI=1S/C11H9FN2OS/c1-7-2-3-10(16-7)11(15)14-9-4-5-13-6-8(9)12/h2-6H,1H3,(H,13,14,15). The van der Waals surface area contributed by atoms with E-state index >= 15 is 0 Å². The third-order valence-corrected chi connectivity index (χ3v) is 2.98. The van der Waals surface area contributed by atoms with E-state index in [1.165, 1.54) is 23.6 Å². The minimum absolute atomic E-state index is 0.144. The number of aryl methyl sites for hydroxylation is 1. The molecular weight excluding hydrogens is 227 g/mol. The number of thiophene rings is 1. The summed E-state index contributed by atoms with van der Waals surface area (Å²) in [5.74, 6) is -0.840. The first-order valence-electron chi connectivity index (χ1n) is 4.64. The molecule has 0 radical (unpaired) electrons. The van der Waals surface area contributed by atoms with Crippen molar-refractivity contribution >= 4 is 22.9 Å². The number of pyridine rings is 1. The number of aromatic nitrogens is 1. The molecule has 1 amide bonds. The van der Waals surface area contributed by atoms with Crippen LogP contribution >= 0.6 is 11.3 Å². The maximum absolute atomic E-state index is 13.2. The molecule has 0 spiro atoms. The third-order valence-electron chi connectivity index (χ3n) is 1.98. The van der Waals surface area contributed by atoms with Crippen molar-refractivity contribution in [3.63, 3.8) is 0 Å². The van der Waals surface area contributed by atoms with E-state index in [1.807, 2.05) is 13.0 Å². The molecule has 0 aliphatic carbocycles. The molecule has 0 bridgehead atoms. The molecule has 0 saturated heterocycles. The minimum atomic E-state index is -0.538. The first kappa shape index (κ1) is 10.8. The highest BCUT2D eigenvalue weighted by Crippen LogP contribution is 2.18. The van der Waals surface area contributed by atoms with Gasteiger partial charge in [-0.1, -0.05) is 0 Å². The Hall–Kier alpha value is -1.75. The van der Waals surface area contributed by atoms with Crippen LogP contribution in [0.15, 0.2) is 30.6 Å². The first-order chi connectivity index (χ1) is 7.66.